The van der Waals surface area contributed by atoms with E-state index in [1.807, 2.05) is 0 Å². The average Bonchev–Trinajstić information content (AvgIpc) is 3.27. The maximum atomic E-state index is 12.8. The predicted molar refractivity (Wildman–Crippen MR) is 99.8 cm³/mol. The SMILES string of the molecule is Cn1cc2c(n1)S(=O)(=O)N1CC(CN3CCN(c4ncccn4)CC3)OC1=N2. The van der Waals surface area contributed by atoms with Gasteiger partial charge in [-0.05, 0) is 6.07 Å². The van der Waals surface area contributed by atoms with Gasteiger partial charge >= 0.3 is 6.02 Å². The highest BCUT2D eigenvalue weighted by molar-refractivity contribution is 7.89. The first kappa shape index (κ1) is 17.4. The number of fused-ring (bicyclic) bond motifs is 2. The smallest absolute Gasteiger partial charge is 0.307 e. The molecule has 0 bridgehead atoms. The van der Waals surface area contributed by atoms with Crippen LogP contribution in [0.5, 0.6) is 0 Å². The van der Waals surface area contributed by atoms with Crippen molar-refractivity contribution in [3.63, 3.8) is 0 Å². The van der Waals surface area contributed by atoms with Crippen LogP contribution >= 0.6 is 0 Å². The van der Waals surface area contributed by atoms with Gasteiger partial charge in [-0.25, -0.2) is 14.3 Å². The minimum absolute atomic E-state index is 0.0144. The molecule has 11 nitrogen and oxygen atoms in total. The third-order valence-corrected chi connectivity index (χ3v) is 6.72. The molecule has 0 radical (unpaired) electrons. The van der Waals surface area contributed by atoms with Gasteiger partial charge in [0.05, 0.1) is 12.7 Å². The zero-order chi connectivity index (χ0) is 19.3. The molecule has 2 fully saturated rings. The topological polar surface area (TPSA) is 109 Å². The molecule has 5 rings (SSSR count). The highest BCUT2D eigenvalue weighted by atomic mass is 32.2. The molecule has 0 spiro atoms. The number of amidine groups is 1. The molecule has 0 aliphatic carbocycles. The number of hydrogen-bond acceptors (Lipinski definition) is 9. The van der Waals surface area contributed by atoms with Gasteiger partial charge in [0.15, 0.2) is 0 Å². The van der Waals surface area contributed by atoms with Crippen molar-refractivity contribution >= 4 is 27.7 Å². The lowest BCUT2D eigenvalue weighted by Gasteiger charge is -2.35. The Hall–Kier alpha value is -2.73. The van der Waals surface area contributed by atoms with Crippen LogP contribution in [0.15, 0.2) is 34.7 Å². The van der Waals surface area contributed by atoms with Crippen LogP contribution in [-0.2, 0) is 21.8 Å². The van der Waals surface area contributed by atoms with Crippen molar-refractivity contribution in [2.24, 2.45) is 12.0 Å². The minimum Gasteiger partial charge on any atom is -0.458 e. The van der Waals surface area contributed by atoms with E-state index in [9.17, 15) is 8.42 Å². The predicted octanol–water partition coefficient (Wildman–Crippen LogP) is -0.577. The van der Waals surface area contributed by atoms with Gasteiger partial charge in [0.25, 0.3) is 10.0 Å². The van der Waals surface area contributed by atoms with E-state index in [4.69, 9.17) is 4.74 Å². The summed E-state index contributed by atoms with van der Waals surface area (Å²) >= 11 is 0. The van der Waals surface area contributed by atoms with Gasteiger partial charge in [-0.15, -0.1) is 0 Å². The molecule has 0 N–H and O–H groups in total. The molecule has 0 aromatic carbocycles. The van der Waals surface area contributed by atoms with Gasteiger partial charge in [0.2, 0.25) is 11.0 Å². The zero-order valence-corrected chi connectivity index (χ0v) is 16.2. The fourth-order valence-electron chi connectivity index (χ4n) is 3.68. The molecule has 28 heavy (non-hydrogen) atoms. The van der Waals surface area contributed by atoms with E-state index < -0.39 is 10.0 Å². The van der Waals surface area contributed by atoms with E-state index in [1.54, 1.807) is 31.7 Å². The average molecular weight is 404 g/mol. The number of aryl methyl sites for hydroxylation is 1. The van der Waals surface area contributed by atoms with Gasteiger partial charge in [0, 0.05) is 52.2 Å². The Balaban J connectivity index is 1.24. The normalized spacial score (nSPS) is 23.8. The number of aromatic nitrogens is 4. The van der Waals surface area contributed by atoms with Crippen LogP contribution in [0.25, 0.3) is 0 Å². The second kappa shape index (κ2) is 6.41. The van der Waals surface area contributed by atoms with Gasteiger partial charge in [-0.3, -0.25) is 9.58 Å². The van der Waals surface area contributed by atoms with Crippen LogP contribution in [0.3, 0.4) is 0 Å². The van der Waals surface area contributed by atoms with E-state index in [2.05, 4.69) is 29.9 Å². The number of anilines is 1. The largest absolute Gasteiger partial charge is 0.458 e. The van der Waals surface area contributed by atoms with Crippen LogP contribution in [0.2, 0.25) is 0 Å². The van der Waals surface area contributed by atoms with Gasteiger partial charge in [-0.1, -0.05) is 0 Å². The number of rotatable bonds is 3. The Morgan fingerprint density at radius 3 is 2.68 bits per heavy atom. The summed E-state index contributed by atoms with van der Waals surface area (Å²) < 4.78 is 34.1. The Labute approximate surface area is 162 Å². The van der Waals surface area contributed by atoms with Crippen molar-refractivity contribution in [1.82, 2.24) is 29.0 Å². The summed E-state index contributed by atoms with van der Waals surface area (Å²) in [5, 5.41) is 4.02. The van der Waals surface area contributed by atoms with Gasteiger partial charge in [0.1, 0.15) is 11.8 Å². The summed E-state index contributed by atoms with van der Waals surface area (Å²) in [5.74, 6) is 0.738. The molecule has 2 aromatic rings. The highest BCUT2D eigenvalue weighted by Gasteiger charge is 2.45. The second-order valence-corrected chi connectivity index (χ2v) is 8.78. The van der Waals surface area contributed by atoms with Crippen molar-refractivity contribution < 1.29 is 13.2 Å². The molecular weight excluding hydrogens is 384 g/mol. The van der Waals surface area contributed by atoms with Crippen molar-refractivity contribution in [1.29, 1.82) is 0 Å². The molecule has 3 aliphatic rings. The lowest BCUT2D eigenvalue weighted by atomic mass is 10.2. The van der Waals surface area contributed by atoms with Gasteiger partial charge < -0.3 is 9.64 Å². The Bertz CT molecular complexity index is 1010. The molecule has 0 saturated carbocycles. The van der Waals surface area contributed by atoms with E-state index in [0.717, 1.165) is 32.1 Å². The molecular formula is C16H20N8O3S. The number of nitrogens with zero attached hydrogens (tertiary/aromatic N) is 8. The number of piperazine rings is 1. The molecule has 3 aliphatic heterocycles. The fraction of sp³-hybridized carbons (Fsp3) is 0.500. The van der Waals surface area contributed by atoms with Crippen LogP contribution in [-0.4, -0.2) is 88.8 Å². The summed E-state index contributed by atoms with van der Waals surface area (Å²) in [4.78, 5) is 17.3. The first-order valence-electron chi connectivity index (χ1n) is 9.07. The molecule has 12 heteroatoms. The third kappa shape index (κ3) is 2.88. The minimum atomic E-state index is -3.71. The lowest BCUT2D eigenvalue weighted by molar-refractivity contribution is 0.143. The van der Waals surface area contributed by atoms with Crippen molar-refractivity contribution in [3.05, 3.63) is 24.7 Å². The number of hydrogen-bond donors (Lipinski definition) is 0. The first-order valence-corrected chi connectivity index (χ1v) is 10.5. The second-order valence-electron chi connectivity index (χ2n) is 7.00. The van der Waals surface area contributed by atoms with Crippen LogP contribution in [0.4, 0.5) is 11.6 Å². The summed E-state index contributed by atoms with van der Waals surface area (Å²) in [7, 11) is -2.05. The molecule has 5 heterocycles. The summed E-state index contributed by atoms with van der Waals surface area (Å²) in [6.07, 6.45) is 4.81. The van der Waals surface area contributed by atoms with Crippen molar-refractivity contribution in [2.75, 3.05) is 44.2 Å². The first-order chi connectivity index (χ1) is 13.5. The quantitative estimate of drug-likeness (QED) is 0.669. The summed E-state index contributed by atoms with van der Waals surface area (Å²) in [5.41, 5.74) is 0.325. The van der Waals surface area contributed by atoms with E-state index in [0.29, 0.717) is 12.2 Å². The Kier molecular flexibility index (Phi) is 3.98. The maximum absolute atomic E-state index is 12.8. The third-order valence-electron chi connectivity index (χ3n) is 5.05. The summed E-state index contributed by atoms with van der Waals surface area (Å²) in [6.45, 7) is 4.19. The fourth-order valence-corrected chi connectivity index (χ4v) is 5.14. The Morgan fingerprint density at radius 1 is 1.18 bits per heavy atom. The van der Waals surface area contributed by atoms with E-state index in [1.165, 1.54) is 8.99 Å². The van der Waals surface area contributed by atoms with E-state index >= 15 is 0 Å². The van der Waals surface area contributed by atoms with Crippen molar-refractivity contribution in [3.8, 4) is 0 Å². The molecule has 1 atom stereocenters. The van der Waals surface area contributed by atoms with Crippen LogP contribution in [0, 0.1) is 0 Å². The maximum Gasteiger partial charge on any atom is 0.307 e. The summed E-state index contributed by atoms with van der Waals surface area (Å²) in [6, 6.07) is 1.94. The zero-order valence-electron chi connectivity index (χ0n) is 15.3. The van der Waals surface area contributed by atoms with Crippen LogP contribution in [0.1, 0.15) is 0 Å². The Morgan fingerprint density at radius 2 is 1.93 bits per heavy atom. The molecule has 0 amide bonds. The van der Waals surface area contributed by atoms with Crippen LogP contribution < -0.4 is 4.90 Å². The van der Waals surface area contributed by atoms with Crippen molar-refractivity contribution in [2.45, 2.75) is 11.1 Å². The van der Waals surface area contributed by atoms with Gasteiger partial charge in [-0.2, -0.15) is 18.5 Å². The highest BCUT2D eigenvalue weighted by Crippen LogP contribution is 2.34. The standard InChI is InChI=1S/C16H20N8O3S/c1-21-11-13-14(20-21)28(25,26)24-10-12(27-16(24)19-13)9-22-5-7-23(8-6-22)15-17-3-2-4-18-15/h2-4,11-12H,5-10H2,1H3. The number of ether oxygens (including phenoxy) is 1. The lowest BCUT2D eigenvalue weighted by Crippen LogP contribution is -2.49. The molecule has 148 valence electrons. The molecule has 2 saturated heterocycles. The molecule has 2 aromatic heterocycles. The van der Waals surface area contributed by atoms with E-state index in [-0.39, 0.29) is 23.7 Å². The number of sulfonamides is 1. The number of aliphatic imine (C=N–C) groups is 1. The molecule has 1 unspecified atom stereocenters. The monoisotopic (exact) mass is 404 g/mol.